The fourth-order valence-electron chi connectivity index (χ4n) is 11.4. The van der Waals surface area contributed by atoms with Crippen molar-refractivity contribution in [3.05, 3.63) is 35.9 Å². The van der Waals surface area contributed by atoms with Crippen LogP contribution in [0.5, 0.6) is 0 Å². The molecule has 2 fully saturated rings. The Morgan fingerprint density at radius 2 is 1.42 bits per heavy atom. The number of likely N-dealkylation sites (tertiary alicyclic amines) is 1. The van der Waals surface area contributed by atoms with E-state index in [9.17, 15) is 28.8 Å². The minimum Gasteiger partial charge on any atom is -0.379 e. The van der Waals surface area contributed by atoms with Crippen molar-refractivity contribution in [3.63, 3.8) is 0 Å². The van der Waals surface area contributed by atoms with E-state index >= 15 is 0 Å². The second kappa shape index (κ2) is 33.4. The molecule has 3 amide bonds. The normalized spacial score (nSPS) is 18.9. The minimum absolute atomic E-state index is 0.000853. The lowest BCUT2D eigenvalue weighted by Gasteiger charge is -2.41. The van der Waals surface area contributed by atoms with Crippen LogP contribution >= 0.6 is 0 Å². The third kappa shape index (κ3) is 20.3. The number of Topliss-reactive ketones (excluding diaryl/α,β-unsaturated/α-hetero) is 3. The second-order valence-electron chi connectivity index (χ2n) is 22.0. The van der Waals surface area contributed by atoms with E-state index in [0.717, 1.165) is 30.7 Å². The Balaban J connectivity index is 1.60. The summed E-state index contributed by atoms with van der Waals surface area (Å²) in [6, 6.07) is 8.56. The highest BCUT2D eigenvalue weighted by Crippen LogP contribution is 2.32. The number of methoxy groups -OCH3 is 2. The maximum Gasteiger partial charge on any atom is 0.226 e. The van der Waals surface area contributed by atoms with Gasteiger partial charge in [-0.2, -0.15) is 0 Å². The molecule has 1 saturated carbocycles. The van der Waals surface area contributed by atoms with Crippen LogP contribution in [0.4, 0.5) is 0 Å². The number of nitrogens with one attached hydrogen (secondary N) is 1. The van der Waals surface area contributed by atoms with Gasteiger partial charge >= 0.3 is 0 Å². The molecule has 1 aromatic carbocycles. The Bertz CT molecular complexity index is 1760. The first kappa shape index (κ1) is 62.7. The van der Waals surface area contributed by atoms with E-state index < -0.39 is 36.0 Å². The van der Waals surface area contributed by atoms with E-state index in [0.29, 0.717) is 70.9 Å². The number of hydrogen-bond donors (Lipinski definition) is 1. The third-order valence-corrected chi connectivity index (χ3v) is 15.8. The predicted octanol–water partition coefficient (Wildman–Crippen LogP) is 8.40. The number of rotatable bonds is 36. The number of ketones is 3. The number of likely N-dealkylation sites (N-methyl/N-ethyl adjacent to an activating group) is 2. The molecule has 0 radical (unpaired) electrons. The number of nitrogens with zero attached hydrogens (tertiary/aromatic N) is 3. The Kier molecular flexibility index (Phi) is 29.1. The molecule has 9 atom stereocenters. The van der Waals surface area contributed by atoms with E-state index in [1.54, 1.807) is 26.2 Å². The largest absolute Gasteiger partial charge is 0.379 e. The van der Waals surface area contributed by atoms with Gasteiger partial charge in [0.2, 0.25) is 17.7 Å². The molecule has 1 heterocycles. The molecule has 1 aliphatic carbocycles. The summed E-state index contributed by atoms with van der Waals surface area (Å²) in [5, 5.41) is 2.99. The molecule has 72 heavy (non-hydrogen) atoms. The van der Waals surface area contributed by atoms with Gasteiger partial charge in [0.05, 0.1) is 56.6 Å². The highest BCUT2D eigenvalue weighted by atomic mass is 16.5. The zero-order valence-electron chi connectivity index (χ0n) is 46.8. The van der Waals surface area contributed by atoms with E-state index in [2.05, 4.69) is 19.2 Å². The molecule has 1 aliphatic heterocycles. The Morgan fingerprint density at radius 1 is 0.750 bits per heavy atom. The number of ether oxygens (including phenoxy) is 4. The molecule has 1 aromatic rings. The monoisotopic (exact) mass is 1010 g/mol. The van der Waals surface area contributed by atoms with Crippen molar-refractivity contribution >= 4 is 35.1 Å². The Labute approximate surface area is 435 Å². The molecule has 3 rings (SSSR count). The number of hydrogen-bond acceptors (Lipinski definition) is 11. The molecule has 14 heteroatoms. The SMILES string of the molecule is CC[C@H](C)[C@@H]([C@@H](CC(=O)N1CCC[C@H]1[C@H](OC)[C@@H](C)C(=O)C[C@@H](Cc1ccccc1)C(=O)NCCOCCOCCCC(=O)CCC1CCCCC1)OC)N(C)C(=O)[C@@H](CC(=O)[C@H](C(C)C)N(C)C)C(C)C. The first-order valence-electron chi connectivity index (χ1n) is 27.7. The maximum absolute atomic E-state index is 14.5. The van der Waals surface area contributed by atoms with Crippen molar-refractivity contribution in [2.24, 2.45) is 41.4 Å². The van der Waals surface area contributed by atoms with Gasteiger partial charge in [0.15, 0.2) is 5.78 Å². The average molecular weight is 1010 g/mol. The highest BCUT2D eigenvalue weighted by molar-refractivity contribution is 5.90. The average Bonchev–Trinajstić information content (AvgIpc) is 3.84. The first-order valence-corrected chi connectivity index (χ1v) is 27.7. The van der Waals surface area contributed by atoms with E-state index in [4.69, 9.17) is 18.9 Å². The summed E-state index contributed by atoms with van der Waals surface area (Å²) in [5.41, 5.74) is 0.946. The lowest BCUT2D eigenvalue weighted by molar-refractivity contribution is -0.149. The van der Waals surface area contributed by atoms with Crippen LogP contribution in [-0.2, 0) is 54.1 Å². The van der Waals surface area contributed by atoms with Crippen molar-refractivity contribution in [3.8, 4) is 0 Å². The lowest BCUT2D eigenvalue weighted by atomic mass is 9.83. The van der Waals surface area contributed by atoms with Gasteiger partial charge in [0, 0.05) is 84.4 Å². The smallest absolute Gasteiger partial charge is 0.226 e. The van der Waals surface area contributed by atoms with Gasteiger partial charge in [-0.05, 0) is 75.4 Å². The molecule has 0 bridgehead atoms. The van der Waals surface area contributed by atoms with Gasteiger partial charge in [0.25, 0.3) is 0 Å². The highest BCUT2D eigenvalue weighted by Gasteiger charge is 2.43. The van der Waals surface area contributed by atoms with Crippen LogP contribution in [0.1, 0.15) is 150 Å². The summed E-state index contributed by atoms with van der Waals surface area (Å²) in [7, 11) is 8.72. The molecule has 1 saturated heterocycles. The molecule has 0 unspecified atom stereocenters. The van der Waals surface area contributed by atoms with Crippen LogP contribution < -0.4 is 5.32 Å². The fraction of sp³-hybridized carbons (Fsp3) is 0.793. The third-order valence-electron chi connectivity index (χ3n) is 15.8. The fourth-order valence-corrected chi connectivity index (χ4v) is 11.4. The van der Waals surface area contributed by atoms with E-state index in [1.165, 1.54) is 32.1 Å². The van der Waals surface area contributed by atoms with Gasteiger partial charge in [0.1, 0.15) is 11.6 Å². The van der Waals surface area contributed by atoms with Crippen molar-refractivity contribution < 1.29 is 47.7 Å². The topological polar surface area (TPSA) is 161 Å². The molecule has 0 spiro atoms. The summed E-state index contributed by atoms with van der Waals surface area (Å²) in [6.45, 7) is 16.3. The van der Waals surface area contributed by atoms with Gasteiger partial charge in [-0.1, -0.05) is 117 Å². The predicted molar refractivity (Wildman–Crippen MR) is 284 cm³/mol. The zero-order chi connectivity index (χ0) is 53.3. The summed E-state index contributed by atoms with van der Waals surface area (Å²) in [5.74, 6) is -1.32. The molecule has 14 nitrogen and oxygen atoms in total. The van der Waals surface area contributed by atoms with E-state index in [1.807, 2.05) is 88.8 Å². The summed E-state index contributed by atoms with van der Waals surface area (Å²) in [6.07, 6.45) is 10.9. The van der Waals surface area contributed by atoms with Gasteiger partial charge in [-0.3, -0.25) is 33.7 Å². The molecular weight excluding hydrogens is 913 g/mol. The van der Waals surface area contributed by atoms with Crippen LogP contribution in [-0.4, -0.2) is 155 Å². The quantitative estimate of drug-likeness (QED) is 0.0643. The maximum atomic E-state index is 14.5. The van der Waals surface area contributed by atoms with Crippen molar-refractivity contribution in [2.45, 2.75) is 182 Å². The number of benzene rings is 1. The Morgan fingerprint density at radius 3 is 2.01 bits per heavy atom. The molecular formula is C58H98N4O10. The van der Waals surface area contributed by atoms with Crippen LogP contribution in [0, 0.1) is 41.4 Å². The minimum atomic E-state index is -0.632. The van der Waals surface area contributed by atoms with Crippen molar-refractivity contribution in [2.75, 3.05) is 74.9 Å². The van der Waals surface area contributed by atoms with Crippen molar-refractivity contribution in [1.29, 1.82) is 0 Å². The van der Waals surface area contributed by atoms with E-state index in [-0.39, 0.29) is 84.9 Å². The molecule has 2 aliphatic rings. The summed E-state index contributed by atoms with van der Waals surface area (Å²) >= 11 is 0. The Hall–Kier alpha value is -3.56. The lowest BCUT2D eigenvalue weighted by Crippen LogP contribution is -2.54. The number of amides is 3. The summed E-state index contributed by atoms with van der Waals surface area (Å²) < 4.78 is 23.6. The number of carbonyl (C=O) groups excluding carboxylic acids is 6. The van der Waals surface area contributed by atoms with Gasteiger partial charge in [-0.15, -0.1) is 0 Å². The van der Waals surface area contributed by atoms with Crippen molar-refractivity contribution in [1.82, 2.24) is 20.0 Å². The second-order valence-corrected chi connectivity index (χ2v) is 22.0. The van der Waals surface area contributed by atoms with Crippen LogP contribution in [0.25, 0.3) is 0 Å². The standard InChI is InChI=1S/C58H98N4O10/c1-13-42(6)55(61(10)58(68)48(40(2)3)38-51(65)54(41(4)5)60(8)9)52(69-11)39-53(66)62-31-20-27-49(62)56(70-12)43(7)50(64)37-46(36-45-24-18-15-19-25-45)57(67)59-30-33-72-35-34-71-32-21-26-47(63)29-28-44-22-16-14-17-23-44/h15,18-19,24-25,40-44,46,48-49,52,54-56H,13-14,16-17,20-23,26-39H2,1-12H3,(H,59,67)/t42-,43-,46+,48-,49-,52+,54-,55-,56+/m0/s1. The number of carbonyl (C=O) groups is 6. The van der Waals surface area contributed by atoms with Gasteiger partial charge in [-0.25, -0.2) is 0 Å². The van der Waals surface area contributed by atoms with Gasteiger partial charge < -0.3 is 34.1 Å². The summed E-state index contributed by atoms with van der Waals surface area (Å²) in [4.78, 5) is 88.5. The first-order chi connectivity index (χ1) is 34.4. The van der Waals surface area contributed by atoms with Crippen LogP contribution in [0.15, 0.2) is 30.3 Å². The zero-order valence-corrected chi connectivity index (χ0v) is 46.8. The molecule has 410 valence electrons. The van der Waals surface area contributed by atoms with Crippen LogP contribution in [0.2, 0.25) is 0 Å². The van der Waals surface area contributed by atoms with Crippen LogP contribution in [0.3, 0.4) is 0 Å². The molecule has 1 N–H and O–H groups in total. The molecule has 0 aromatic heterocycles.